The van der Waals surface area contributed by atoms with Gasteiger partial charge in [-0.25, -0.2) is 4.63 Å². The zero-order valence-corrected chi connectivity index (χ0v) is 7.21. The van der Waals surface area contributed by atoms with Crippen molar-refractivity contribution in [3.63, 3.8) is 0 Å². The molecule has 0 aromatic carbocycles. The smallest absolute Gasteiger partial charge is 0.120 e. The second-order valence-electron chi connectivity index (χ2n) is 2.33. The maximum Gasteiger partial charge on any atom is 0.120 e. The molecule has 62 valence electrons. The first-order valence-electron chi connectivity index (χ1n) is 3.43. The van der Waals surface area contributed by atoms with Gasteiger partial charge >= 0.3 is 0 Å². The van der Waals surface area contributed by atoms with Crippen molar-refractivity contribution in [1.29, 1.82) is 0 Å². The first-order chi connectivity index (χ1) is 5.25. The Kier molecular flexibility index (Phi) is 2.90. The van der Waals surface area contributed by atoms with Crippen molar-refractivity contribution in [3.05, 3.63) is 11.4 Å². The summed E-state index contributed by atoms with van der Waals surface area (Å²) in [5.41, 5.74) is 6.94. The van der Waals surface area contributed by atoms with Gasteiger partial charge in [-0.3, -0.25) is 0 Å². The predicted molar refractivity (Wildman–Crippen MR) is 44.4 cm³/mol. The molecule has 0 aliphatic heterocycles. The van der Waals surface area contributed by atoms with Crippen LogP contribution in [-0.2, 0) is 0 Å². The van der Waals surface area contributed by atoms with Crippen molar-refractivity contribution >= 4 is 12.6 Å². The van der Waals surface area contributed by atoms with Gasteiger partial charge in [-0.15, -0.1) is 0 Å². The van der Waals surface area contributed by atoms with Crippen LogP contribution < -0.4 is 5.73 Å². The Hall–Kier alpha value is -0.550. The Morgan fingerprint density at radius 2 is 2.36 bits per heavy atom. The van der Waals surface area contributed by atoms with Gasteiger partial charge in [-0.2, -0.15) is 12.6 Å². The standard InChI is InChI=1S/C6H11N3OS/c1-4-6(9-10-8-4)5(11)2-3-7/h5,11H,2-3,7H2,1H3. The lowest BCUT2D eigenvalue weighted by atomic mass is 10.2. The molecule has 0 saturated carbocycles. The summed E-state index contributed by atoms with van der Waals surface area (Å²) in [5.74, 6) is 0. The molecule has 11 heavy (non-hydrogen) atoms. The molecule has 0 fully saturated rings. The molecule has 0 spiro atoms. The highest BCUT2D eigenvalue weighted by atomic mass is 32.1. The van der Waals surface area contributed by atoms with Crippen LogP contribution in [0.15, 0.2) is 4.63 Å². The average Bonchev–Trinajstić information content (AvgIpc) is 2.36. The molecule has 1 heterocycles. The fourth-order valence-electron chi connectivity index (χ4n) is 0.835. The van der Waals surface area contributed by atoms with Crippen molar-refractivity contribution in [3.8, 4) is 0 Å². The minimum Gasteiger partial charge on any atom is -0.330 e. The van der Waals surface area contributed by atoms with Crippen LogP contribution in [0, 0.1) is 6.92 Å². The summed E-state index contributed by atoms with van der Waals surface area (Å²) in [6.45, 7) is 2.44. The van der Waals surface area contributed by atoms with Crippen molar-refractivity contribution in [2.45, 2.75) is 18.6 Å². The van der Waals surface area contributed by atoms with E-state index in [0.717, 1.165) is 17.8 Å². The molecule has 1 unspecified atom stereocenters. The third-order valence-corrected chi connectivity index (χ3v) is 1.95. The Morgan fingerprint density at radius 1 is 1.64 bits per heavy atom. The zero-order chi connectivity index (χ0) is 8.27. The van der Waals surface area contributed by atoms with E-state index in [9.17, 15) is 0 Å². The summed E-state index contributed by atoms with van der Waals surface area (Å²) < 4.78 is 4.52. The van der Waals surface area contributed by atoms with E-state index in [1.165, 1.54) is 0 Å². The van der Waals surface area contributed by atoms with Crippen molar-refractivity contribution in [2.24, 2.45) is 5.73 Å². The van der Waals surface area contributed by atoms with Gasteiger partial charge in [-0.1, -0.05) is 10.3 Å². The quantitative estimate of drug-likeness (QED) is 0.660. The molecule has 1 aromatic heterocycles. The predicted octanol–water partition coefficient (Wildman–Crippen LogP) is 0.698. The Morgan fingerprint density at radius 3 is 2.82 bits per heavy atom. The van der Waals surface area contributed by atoms with E-state index in [1.807, 2.05) is 6.92 Å². The van der Waals surface area contributed by atoms with Crippen LogP contribution in [0.25, 0.3) is 0 Å². The molecule has 0 saturated heterocycles. The number of nitrogens with two attached hydrogens (primary N) is 1. The fourth-order valence-corrected chi connectivity index (χ4v) is 1.22. The van der Waals surface area contributed by atoms with Crippen LogP contribution in [0.4, 0.5) is 0 Å². The van der Waals surface area contributed by atoms with Crippen molar-refractivity contribution in [2.75, 3.05) is 6.54 Å². The molecule has 1 atom stereocenters. The lowest BCUT2D eigenvalue weighted by Gasteiger charge is -2.03. The second kappa shape index (κ2) is 3.73. The van der Waals surface area contributed by atoms with Crippen LogP contribution in [0.3, 0.4) is 0 Å². The van der Waals surface area contributed by atoms with E-state index in [1.54, 1.807) is 0 Å². The summed E-state index contributed by atoms with van der Waals surface area (Å²) in [7, 11) is 0. The van der Waals surface area contributed by atoms with E-state index in [0.29, 0.717) is 6.54 Å². The number of rotatable bonds is 3. The molecule has 5 heteroatoms. The number of hydrogen-bond acceptors (Lipinski definition) is 5. The molecular formula is C6H11N3OS. The average molecular weight is 173 g/mol. The monoisotopic (exact) mass is 173 g/mol. The largest absolute Gasteiger partial charge is 0.330 e. The first-order valence-corrected chi connectivity index (χ1v) is 3.94. The van der Waals surface area contributed by atoms with Gasteiger partial charge in [0.15, 0.2) is 0 Å². The lowest BCUT2D eigenvalue weighted by Crippen LogP contribution is -2.04. The normalized spacial score (nSPS) is 13.4. The van der Waals surface area contributed by atoms with Gasteiger partial charge in [-0.05, 0) is 19.9 Å². The third-order valence-electron chi connectivity index (χ3n) is 1.44. The number of hydrogen-bond donors (Lipinski definition) is 2. The minimum atomic E-state index is 0.0475. The van der Waals surface area contributed by atoms with Crippen LogP contribution in [-0.4, -0.2) is 16.9 Å². The van der Waals surface area contributed by atoms with E-state index in [4.69, 9.17) is 5.73 Å². The van der Waals surface area contributed by atoms with Gasteiger partial charge in [0.2, 0.25) is 0 Å². The molecule has 2 N–H and O–H groups in total. The zero-order valence-electron chi connectivity index (χ0n) is 6.32. The summed E-state index contributed by atoms with van der Waals surface area (Å²) in [5, 5.41) is 7.41. The molecule has 0 amide bonds. The summed E-state index contributed by atoms with van der Waals surface area (Å²) in [6, 6.07) is 0. The topological polar surface area (TPSA) is 64.9 Å². The SMILES string of the molecule is Cc1nonc1C(S)CCN. The summed E-state index contributed by atoms with van der Waals surface area (Å²) in [6.07, 6.45) is 0.790. The number of nitrogens with zero attached hydrogens (tertiary/aromatic N) is 2. The molecule has 1 aromatic rings. The fraction of sp³-hybridized carbons (Fsp3) is 0.667. The number of aryl methyl sites for hydroxylation is 1. The Balaban J connectivity index is 2.67. The number of aromatic nitrogens is 2. The van der Waals surface area contributed by atoms with E-state index in [2.05, 4.69) is 27.6 Å². The van der Waals surface area contributed by atoms with Gasteiger partial charge in [0.25, 0.3) is 0 Å². The van der Waals surface area contributed by atoms with Crippen LogP contribution >= 0.6 is 12.6 Å². The highest BCUT2D eigenvalue weighted by Crippen LogP contribution is 2.22. The van der Waals surface area contributed by atoms with Crippen molar-refractivity contribution < 1.29 is 4.63 Å². The van der Waals surface area contributed by atoms with Gasteiger partial charge in [0.1, 0.15) is 11.4 Å². The molecular weight excluding hydrogens is 162 g/mol. The van der Waals surface area contributed by atoms with Crippen LogP contribution in [0.2, 0.25) is 0 Å². The maximum absolute atomic E-state index is 5.36. The Bertz CT molecular complexity index is 225. The maximum atomic E-state index is 5.36. The van der Waals surface area contributed by atoms with Crippen molar-refractivity contribution in [1.82, 2.24) is 10.3 Å². The minimum absolute atomic E-state index is 0.0475. The molecule has 0 aliphatic rings. The van der Waals surface area contributed by atoms with Crippen LogP contribution in [0.5, 0.6) is 0 Å². The lowest BCUT2D eigenvalue weighted by molar-refractivity contribution is 0.301. The molecule has 0 aliphatic carbocycles. The van der Waals surface area contributed by atoms with Gasteiger partial charge < -0.3 is 5.73 Å². The van der Waals surface area contributed by atoms with E-state index in [-0.39, 0.29) is 5.25 Å². The molecule has 0 radical (unpaired) electrons. The number of thiol groups is 1. The molecule has 4 nitrogen and oxygen atoms in total. The van der Waals surface area contributed by atoms with Crippen LogP contribution in [0.1, 0.15) is 23.1 Å². The molecule has 1 rings (SSSR count). The summed E-state index contributed by atoms with van der Waals surface area (Å²) >= 11 is 4.29. The van der Waals surface area contributed by atoms with E-state index >= 15 is 0 Å². The van der Waals surface area contributed by atoms with E-state index < -0.39 is 0 Å². The highest BCUT2D eigenvalue weighted by molar-refractivity contribution is 7.80. The third kappa shape index (κ3) is 1.94. The van der Waals surface area contributed by atoms with Gasteiger partial charge in [0, 0.05) is 0 Å². The Labute approximate surface area is 70.5 Å². The highest BCUT2D eigenvalue weighted by Gasteiger charge is 2.13. The summed E-state index contributed by atoms with van der Waals surface area (Å²) in [4.78, 5) is 0. The first kappa shape index (κ1) is 8.55. The molecule has 0 bridgehead atoms. The second-order valence-corrected chi connectivity index (χ2v) is 2.95. The van der Waals surface area contributed by atoms with Gasteiger partial charge in [0.05, 0.1) is 5.25 Å².